The van der Waals surface area contributed by atoms with Crippen LogP contribution in [0.25, 0.3) is 5.69 Å². The SMILES string of the molecule is C[C@H]1C[C@H](C)CN(c2ccc(N3C(=S)N[C@@H](c4ccccn4)[C@@H]3c3cccn3-c3ccc(Cl)cc3Cl)cc2Cl)C1. The van der Waals surface area contributed by atoms with Gasteiger partial charge >= 0.3 is 0 Å². The largest absolute Gasteiger partial charge is 0.370 e. The van der Waals surface area contributed by atoms with Gasteiger partial charge in [0.25, 0.3) is 0 Å². The van der Waals surface area contributed by atoms with E-state index in [2.05, 4.69) is 56.7 Å². The Balaban J connectivity index is 1.44. The van der Waals surface area contributed by atoms with E-state index in [0.717, 1.165) is 46.6 Å². The summed E-state index contributed by atoms with van der Waals surface area (Å²) in [5.41, 5.74) is 4.72. The van der Waals surface area contributed by atoms with Crippen LogP contribution in [0.15, 0.2) is 79.1 Å². The van der Waals surface area contributed by atoms with Crippen molar-refractivity contribution in [2.24, 2.45) is 11.8 Å². The molecule has 4 atom stereocenters. The molecule has 206 valence electrons. The fraction of sp³-hybridized carbons (Fsp3) is 0.290. The van der Waals surface area contributed by atoms with Gasteiger partial charge in [-0.3, -0.25) is 4.98 Å². The maximum atomic E-state index is 6.99. The van der Waals surface area contributed by atoms with Gasteiger partial charge in [-0.15, -0.1) is 0 Å². The monoisotopic (exact) mass is 609 g/mol. The van der Waals surface area contributed by atoms with Crippen molar-refractivity contribution < 1.29 is 0 Å². The standard InChI is InChI=1S/C31H30Cl3N5S/c1-19-14-20(2)18-37(17-19)26-11-9-22(16-24(26)34)39-30(29(36-31(39)40)25-6-3-4-12-35-25)28-7-5-13-38(28)27-10-8-21(32)15-23(27)33/h3-13,15-16,19-20,29-30H,14,17-18H2,1-2H3,(H,36,40)/t19-,20-,29-,30-/m0/s1. The van der Waals surface area contributed by atoms with Crippen molar-refractivity contribution in [3.63, 3.8) is 0 Å². The number of nitrogens with zero attached hydrogens (tertiary/aromatic N) is 4. The average Bonchev–Trinajstić information content (AvgIpc) is 3.52. The Kier molecular flexibility index (Phi) is 7.71. The first kappa shape index (κ1) is 27.4. The number of anilines is 2. The van der Waals surface area contributed by atoms with E-state index in [4.69, 9.17) is 47.0 Å². The zero-order chi connectivity index (χ0) is 28.0. The summed E-state index contributed by atoms with van der Waals surface area (Å²) in [7, 11) is 0. The van der Waals surface area contributed by atoms with Crippen LogP contribution in [0.5, 0.6) is 0 Å². The molecule has 2 aliphatic rings. The molecule has 2 saturated heterocycles. The summed E-state index contributed by atoms with van der Waals surface area (Å²) < 4.78 is 2.09. The third-order valence-corrected chi connectivity index (χ3v) is 8.92. The predicted molar refractivity (Wildman–Crippen MR) is 170 cm³/mol. The van der Waals surface area contributed by atoms with Gasteiger partial charge in [0.05, 0.1) is 33.2 Å². The van der Waals surface area contributed by atoms with Crippen LogP contribution >= 0.6 is 47.0 Å². The summed E-state index contributed by atoms with van der Waals surface area (Å²) in [6.07, 6.45) is 5.06. The van der Waals surface area contributed by atoms with Crippen LogP contribution in [0, 0.1) is 11.8 Å². The van der Waals surface area contributed by atoms with Crippen molar-refractivity contribution in [3.8, 4) is 5.69 Å². The smallest absolute Gasteiger partial charge is 0.174 e. The summed E-state index contributed by atoms with van der Waals surface area (Å²) in [6.45, 7) is 6.63. The van der Waals surface area contributed by atoms with Crippen LogP contribution < -0.4 is 15.1 Å². The third-order valence-electron chi connectivity index (χ3n) is 7.77. The Morgan fingerprint density at radius 1 is 0.875 bits per heavy atom. The summed E-state index contributed by atoms with van der Waals surface area (Å²) in [5, 5.41) is 6.03. The molecule has 0 amide bonds. The lowest BCUT2D eigenvalue weighted by Crippen LogP contribution is -2.38. The molecule has 4 heterocycles. The molecule has 1 N–H and O–H groups in total. The summed E-state index contributed by atoms with van der Waals surface area (Å²) in [6, 6.07) is 21.4. The minimum absolute atomic E-state index is 0.198. The molecule has 0 aliphatic carbocycles. The van der Waals surface area contributed by atoms with E-state index in [-0.39, 0.29) is 12.1 Å². The van der Waals surface area contributed by atoms with Crippen molar-refractivity contribution in [2.75, 3.05) is 22.9 Å². The first-order valence-corrected chi connectivity index (χ1v) is 15.0. The van der Waals surface area contributed by atoms with Crippen LogP contribution in [-0.4, -0.2) is 27.8 Å². The van der Waals surface area contributed by atoms with E-state index < -0.39 is 0 Å². The fourth-order valence-corrected chi connectivity index (χ4v) is 7.37. The van der Waals surface area contributed by atoms with Gasteiger partial charge in [-0.2, -0.15) is 0 Å². The van der Waals surface area contributed by atoms with E-state index in [1.807, 2.05) is 48.7 Å². The van der Waals surface area contributed by atoms with Crippen LogP contribution in [0.2, 0.25) is 15.1 Å². The Hall–Kier alpha value is -2.77. The number of hydrogen-bond acceptors (Lipinski definition) is 3. The molecular formula is C31H30Cl3N5S. The van der Waals surface area contributed by atoms with E-state index >= 15 is 0 Å². The lowest BCUT2D eigenvalue weighted by Gasteiger charge is -2.37. The van der Waals surface area contributed by atoms with Gasteiger partial charge < -0.3 is 19.7 Å². The van der Waals surface area contributed by atoms with Crippen LogP contribution in [-0.2, 0) is 0 Å². The summed E-state index contributed by atoms with van der Waals surface area (Å²) in [5.74, 6) is 1.26. The maximum Gasteiger partial charge on any atom is 0.174 e. The average molecular weight is 611 g/mol. The molecule has 40 heavy (non-hydrogen) atoms. The number of benzene rings is 2. The van der Waals surface area contributed by atoms with Gasteiger partial charge in [0.15, 0.2) is 5.11 Å². The van der Waals surface area contributed by atoms with Crippen LogP contribution in [0.3, 0.4) is 0 Å². The predicted octanol–water partition coefficient (Wildman–Crippen LogP) is 8.49. The lowest BCUT2D eigenvalue weighted by atomic mass is 9.91. The first-order chi connectivity index (χ1) is 19.3. The molecule has 0 radical (unpaired) electrons. The maximum absolute atomic E-state index is 6.99. The van der Waals surface area contributed by atoms with Crippen LogP contribution in [0.1, 0.15) is 43.7 Å². The minimum atomic E-state index is -0.221. The zero-order valence-corrected chi connectivity index (χ0v) is 25.4. The third kappa shape index (κ3) is 5.18. The number of thiocarbonyl (C=S) groups is 1. The summed E-state index contributed by atoms with van der Waals surface area (Å²) in [4.78, 5) is 9.24. The van der Waals surface area contributed by atoms with Gasteiger partial charge in [0.2, 0.25) is 0 Å². The summed E-state index contributed by atoms with van der Waals surface area (Å²) >= 11 is 25.8. The zero-order valence-electron chi connectivity index (χ0n) is 22.3. The molecule has 0 bridgehead atoms. The quantitative estimate of drug-likeness (QED) is 0.229. The number of halogens is 3. The van der Waals surface area contributed by atoms with Crippen molar-refractivity contribution in [1.82, 2.24) is 14.9 Å². The molecule has 2 aromatic carbocycles. The van der Waals surface area contributed by atoms with E-state index in [0.29, 0.717) is 27.0 Å². The number of nitrogens with one attached hydrogen (secondary N) is 1. The van der Waals surface area contributed by atoms with Crippen molar-refractivity contribution in [3.05, 3.63) is 106 Å². The number of rotatable bonds is 5. The number of aromatic nitrogens is 2. The van der Waals surface area contributed by atoms with Crippen LogP contribution in [0.4, 0.5) is 11.4 Å². The van der Waals surface area contributed by atoms with E-state index in [1.54, 1.807) is 12.3 Å². The normalized spacial score (nSPS) is 23.0. The lowest BCUT2D eigenvalue weighted by molar-refractivity contribution is 0.357. The van der Waals surface area contributed by atoms with E-state index in [1.165, 1.54) is 6.42 Å². The number of hydrogen-bond donors (Lipinski definition) is 1. The molecule has 2 fully saturated rings. The Morgan fingerprint density at radius 2 is 1.62 bits per heavy atom. The molecule has 0 spiro atoms. The molecule has 2 aromatic heterocycles. The second-order valence-electron chi connectivity index (χ2n) is 10.9. The van der Waals surface area contributed by atoms with Gasteiger partial charge in [-0.05, 0) is 91.1 Å². The second kappa shape index (κ2) is 11.2. The van der Waals surface area contributed by atoms with Gasteiger partial charge in [0.1, 0.15) is 6.04 Å². The molecule has 0 unspecified atom stereocenters. The molecule has 4 aromatic rings. The van der Waals surface area contributed by atoms with Crippen molar-refractivity contribution >= 4 is 63.5 Å². The first-order valence-electron chi connectivity index (χ1n) is 13.5. The van der Waals surface area contributed by atoms with Gasteiger partial charge in [0, 0.05) is 41.9 Å². The Labute approximate surface area is 255 Å². The van der Waals surface area contributed by atoms with Crippen molar-refractivity contribution in [1.29, 1.82) is 0 Å². The highest BCUT2D eigenvalue weighted by atomic mass is 35.5. The van der Waals surface area contributed by atoms with Gasteiger partial charge in [-0.1, -0.05) is 54.7 Å². The number of piperidine rings is 1. The molecular weight excluding hydrogens is 581 g/mol. The van der Waals surface area contributed by atoms with Gasteiger partial charge in [-0.25, -0.2) is 0 Å². The number of pyridine rings is 1. The topological polar surface area (TPSA) is 36.3 Å². The Bertz CT molecular complexity index is 1530. The molecule has 2 aliphatic heterocycles. The molecule has 6 rings (SSSR count). The fourth-order valence-electron chi connectivity index (χ4n) is 6.23. The van der Waals surface area contributed by atoms with E-state index in [9.17, 15) is 0 Å². The highest BCUT2D eigenvalue weighted by Crippen LogP contribution is 2.44. The molecule has 9 heteroatoms. The highest BCUT2D eigenvalue weighted by Gasteiger charge is 2.42. The minimum Gasteiger partial charge on any atom is -0.370 e. The Morgan fingerprint density at radius 3 is 2.33 bits per heavy atom. The molecule has 5 nitrogen and oxygen atoms in total. The van der Waals surface area contributed by atoms with Crippen molar-refractivity contribution in [2.45, 2.75) is 32.4 Å². The molecule has 0 saturated carbocycles. The highest BCUT2D eigenvalue weighted by molar-refractivity contribution is 7.80. The second-order valence-corrected chi connectivity index (χ2v) is 12.5.